The number of hydrogen-bond donors (Lipinski definition) is 2. The zero-order valence-corrected chi connectivity index (χ0v) is 21.8. The Hall–Kier alpha value is -1.83. The lowest BCUT2D eigenvalue weighted by atomic mass is 9.74. The summed E-state index contributed by atoms with van der Waals surface area (Å²) in [6.07, 6.45) is 11.7. The van der Waals surface area contributed by atoms with Gasteiger partial charge in [0.2, 0.25) is 0 Å². The van der Waals surface area contributed by atoms with Gasteiger partial charge in [-0.25, -0.2) is 9.78 Å². The summed E-state index contributed by atoms with van der Waals surface area (Å²) in [4.78, 5) is 17.5. The number of nitrogens with one attached hydrogen (secondary N) is 2. The van der Waals surface area contributed by atoms with Crippen LogP contribution in [0.2, 0.25) is 0 Å². The number of carbonyl (C=O) groups is 1. The summed E-state index contributed by atoms with van der Waals surface area (Å²) >= 11 is 3.68. The second-order valence-electron chi connectivity index (χ2n) is 11.2. The van der Waals surface area contributed by atoms with Crippen molar-refractivity contribution < 1.29 is 9.53 Å². The molecule has 1 amide bonds. The molecule has 7 nitrogen and oxygen atoms in total. The van der Waals surface area contributed by atoms with Gasteiger partial charge in [0.1, 0.15) is 11.4 Å². The highest BCUT2D eigenvalue weighted by molar-refractivity contribution is 9.10. The molecule has 3 atom stereocenters. The fourth-order valence-electron chi connectivity index (χ4n) is 6.49. The van der Waals surface area contributed by atoms with E-state index in [1.165, 1.54) is 43.4 Å². The third-order valence-corrected chi connectivity index (χ3v) is 8.45. The van der Waals surface area contributed by atoms with Crippen LogP contribution in [0.5, 0.6) is 0 Å². The van der Waals surface area contributed by atoms with E-state index in [4.69, 9.17) is 9.72 Å². The first-order chi connectivity index (χ1) is 15.7. The molecule has 3 aliphatic carbocycles. The second-order valence-corrected chi connectivity index (χ2v) is 12.0. The van der Waals surface area contributed by atoms with Crippen molar-refractivity contribution in [2.75, 3.05) is 5.32 Å². The topological polar surface area (TPSA) is 80.5 Å². The van der Waals surface area contributed by atoms with E-state index in [2.05, 4.69) is 38.6 Å². The molecule has 1 unspecified atom stereocenters. The van der Waals surface area contributed by atoms with E-state index >= 15 is 0 Å². The summed E-state index contributed by atoms with van der Waals surface area (Å²) in [6.45, 7) is 8.01. The van der Waals surface area contributed by atoms with Crippen LogP contribution in [0.15, 0.2) is 10.7 Å². The molecular formula is C25H36BrN5O2. The van der Waals surface area contributed by atoms with Crippen molar-refractivity contribution in [1.82, 2.24) is 19.9 Å². The fraction of sp³-hybridized carbons (Fsp3) is 0.720. The van der Waals surface area contributed by atoms with Gasteiger partial charge in [-0.05, 0) is 81.1 Å². The van der Waals surface area contributed by atoms with Crippen LogP contribution >= 0.6 is 15.9 Å². The highest BCUT2D eigenvalue weighted by Gasteiger charge is 2.50. The van der Waals surface area contributed by atoms with Crippen LogP contribution < -0.4 is 10.6 Å². The summed E-state index contributed by atoms with van der Waals surface area (Å²) in [5.74, 6) is 1.75. The molecule has 3 aliphatic rings. The van der Waals surface area contributed by atoms with E-state index in [1.807, 2.05) is 31.5 Å². The lowest BCUT2D eigenvalue weighted by molar-refractivity contribution is 0.0505. The van der Waals surface area contributed by atoms with E-state index in [0.29, 0.717) is 5.92 Å². The first-order valence-corrected chi connectivity index (χ1v) is 13.3. The number of ether oxygens (including phenoxy) is 1. The van der Waals surface area contributed by atoms with Crippen LogP contribution in [0, 0.1) is 5.92 Å². The Morgan fingerprint density at radius 1 is 1.27 bits per heavy atom. The minimum Gasteiger partial charge on any atom is -0.444 e. The quantitative estimate of drug-likeness (QED) is 0.539. The number of anilines is 1. The van der Waals surface area contributed by atoms with Gasteiger partial charge < -0.3 is 15.4 Å². The first-order valence-electron chi connectivity index (χ1n) is 12.5. The number of alkyl carbamates (subject to hydrolysis) is 1. The van der Waals surface area contributed by atoms with Crippen molar-refractivity contribution in [3.8, 4) is 0 Å². The van der Waals surface area contributed by atoms with E-state index in [9.17, 15) is 4.79 Å². The molecule has 2 aromatic heterocycles. The third kappa shape index (κ3) is 4.13. The zero-order chi connectivity index (χ0) is 23.4. The number of halogens is 1. The minimum absolute atomic E-state index is 0.122. The maximum absolute atomic E-state index is 12.2. The summed E-state index contributed by atoms with van der Waals surface area (Å²) in [5.41, 5.74) is 3.31. The van der Waals surface area contributed by atoms with Gasteiger partial charge in [-0.2, -0.15) is 9.61 Å². The van der Waals surface area contributed by atoms with Gasteiger partial charge in [0.25, 0.3) is 0 Å². The van der Waals surface area contributed by atoms with Crippen molar-refractivity contribution >= 4 is 33.5 Å². The summed E-state index contributed by atoms with van der Waals surface area (Å²) in [6, 6.07) is 0.402. The maximum Gasteiger partial charge on any atom is 0.407 e. The number of aromatic nitrogens is 3. The van der Waals surface area contributed by atoms with Crippen LogP contribution in [0.25, 0.3) is 5.65 Å². The molecule has 0 bridgehead atoms. The van der Waals surface area contributed by atoms with Crippen molar-refractivity contribution in [2.45, 2.75) is 109 Å². The second kappa shape index (κ2) is 8.43. The van der Waals surface area contributed by atoms with Gasteiger partial charge in [-0.1, -0.05) is 26.2 Å². The fourth-order valence-corrected chi connectivity index (χ4v) is 6.83. The number of amides is 1. The smallest absolute Gasteiger partial charge is 0.407 e. The third-order valence-electron chi connectivity index (χ3n) is 7.89. The average molecular weight is 519 g/mol. The van der Waals surface area contributed by atoms with Crippen LogP contribution in [-0.4, -0.2) is 38.4 Å². The van der Waals surface area contributed by atoms with Gasteiger partial charge in [-0.15, -0.1) is 0 Å². The average Bonchev–Trinajstić information content (AvgIpc) is 3.51. The van der Waals surface area contributed by atoms with Crippen LogP contribution in [0.1, 0.15) is 90.3 Å². The van der Waals surface area contributed by atoms with Gasteiger partial charge in [0, 0.05) is 23.1 Å². The van der Waals surface area contributed by atoms with Crippen molar-refractivity contribution in [1.29, 1.82) is 0 Å². The van der Waals surface area contributed by atoms with Crippen molar-refractivity contribution in [2.24, 2.45) is 5.92 Å². The molecule has 0 aliphatic heterocycles. The Morgan fingerprint density at radius 2 is 2.00 bits per heavy atom. The van der Waals surface area contributed by atoms with Gasteiger partial charge >= 0.3 is 6.09 Å². The van der Waals surface area contributed by atoms with Gasteiger partial charge in [0.05, 0.1) is 16.4 Å². The highest BCUT2D eigenvalue weighted by atomic mass is 79.9. The number of fused-ring (bicyclic) bond motifs is 3. The normalized spacial score (nSPS) is 26.2. The SMILES string of the molecule is CCC1Cc2c(nc3c(Br)cnn3c2N[C@H]2CC[C@H](NC(=O)OC(C)(C)C)C2)C12CCCC2. The van der Waals surface area contributed by atoms with Crippen LogP contribution in [0.4, 0.5) is 10.6 Å². The Morgan fingerprint density at radius 3 is 2.70 bits per heavy atom. The molecule has 1 spiro atoms. The largest absolute Gasteiger partial charge is 0.444 e. The van der Waals surface area contributed by atoms with E-state index < -0.39 is 5.60 Å². The van der Waals surface area contributed by atoms with E-state index in [0.717, 1.165) is 41.6 Å². The molecule has 2 N–H and O–H groups in total. The van der Waals surface area contributed by atoms with Crippen LogP contribution in [-0.2, 0) is 16.6 Å². The number of rotatable bonds is 4. The van der Waals surface area contributed by atoms with Crippen LogP contribution in [0.3, 0.4) is 0 Å². The molecule has 0 saturated heterocycles. The molecule has 2 heterocycles. The molecule has 2 aromatic rings. The molecule has 2 fully saturated rings. The zero-order valence-electron chi connectivity index (χ0n) is 20.2. The molecule has 5 rings (SSSR count). The van der Waals surface area contributed by atoms with Gasteiger partial charge in [0.15, 0.2) is 5.65 Å². The Kier molecular flexibility index (Phi) is 5.86. The molecule has 0 radical (unpaired) electrons. The van der Waals surface area contributed by atoms with Gasteiger partial charge in [-0.3, -0.25) is 0 Å². The Labute approximate surface area is 204 Å². The molecule has 2 saturated carbocycles. The first kappa shape index (κ1) is 22.9. The van der Waals surface area contributed by atoms with Crippen molar-refractivity contribution in [3.63, 3.8) is 0 Å². The predicted octanol–water partition coefficient (Wildman–Crippen LogP) is 5.74. The minimum atomic E-state index is -0.483. The lowest BCUT2D eigenvalue weighted by Gasteiger charge is -2.30. The lowest BCUT2D eigenvalue weighted by Crippen LogP contribution is -2.38. The Balaban J connectivity index is 1.41. The number of carbonyl (C=O) groups excluding carboxylic acids is 1. The molecule has 8 heteroatoms. The summed E-state index contributed by atoms with van der Waals surface area (Å²) in [5, 5.41) is 11.6. The molecule has 33 heavy (non-hydrogen) atoms. The highest BCUT2D eigenvalue weighted by Crippen LogP contribution is 2.55. The maximum atomic E-state index is 12.2. The summed E-state index contributed by atoms with van der Waals surface area (Å²) < 4.78 is 8.38. The standard InChI is InChI=1S/C25H36BrN5O2/c1-5-15-12-18-20(25(15)10-6-7-11-25)30-22-19(26)14-27-31(22)21(18)28-16-8-9-17(13-16)29-23(32)33-24(2,3)4/h14-17,28H,5-13H2,1-4H3,(H,29,32)/t15?,16-,17-/m0/s1. The number of hydrogen-bond acceptors (Lipinski definition) is 5. The molecule has 0 aromatic carbocycles. The molecule has 180 valence electrons. The monoisotopic (exact) mass is 517 g/mol. The van der Waals surface area contributed by atoms with E-state index in [1.54, 1.807) is 0 Å². The molecular weight excluding hydrogens is 482 g/mol. The van der Waals surface area contributed by atoms with Crippen molar-refractivity contribution in [3.05, 3.63) is 21.9 Å². The summed E-state index contributed by atoms with van der Waals surface area (Å²) in [7, 11) is 0. The van der Waals surface area contributed by atoms with E-state index in [-0.39, 0.29) is 23.6 Å². The Bertz CT molecular complexity index is 1050. The number of nitrogens with zero attached hydrogens (tertiary/aromatic N) is 3. The predicted molar refractivity (Wildman–Crippen MR) is 133 cm³/mol.